The zero-order valence-electron chi connectivity index (χ0n) is 10.2. The van der Waals surface area contributed by atoms with Crippen LogP contribution in [-0.4, -0.2) is 36.4 Å². The fourth-order valence-corrected chi connectivity index (χ4v) is 1.23. The maximum absolute atomic E-state index is 9.87. The molecule has 0 radical (unpaired) electrons. The first kappa shape index (κ1) is 14.3. The second-order valence-corrected chi connectivity index (χ2v) is 4.94. The highest BCUT2D eigenvalue weighted by Crippen LogP contribution is 2.05. The summed E-state index contributed by atoms with van der Waals surface area (Å²) in [7, 11) is 0. The first-order valence-corrected chi connectivity index (χ1v) is 5.55. The van der Waals surface area contributed by atoms with Gasteiger partial charge in [-0.1, -0.05) is 6.08 Å². The number of nitrogens with zero attached hydrogens (tertiary/aromatic N) is 1. The van der Waals surface area contributed by atoms with Gasteiger partial charge in [0.15, 0.2) is 0 Å². The van der Waals surface area contributed by atoms with E-state index in [9.17, 15) is 4.79 Å². The third-order valence-corrected chi connectivity index (χ3v) is 1.78. The van der Waals surface area contributed by atoms with Gasteiger partial charge in [0.25, 0.3) is 0 Å². The van der Waals surface area contributed by atoms with Crippen molar-refractivity contribution in [2.75, 3.05) is 19.6 Å². The normalized spacial score (nSPS) is 17.6. The Morgan fingerprint density at radius 1 is 1.27 bits per heavy atom. The smallest absolute Gasteiger partial charge is 0.142 e. The van der Waals surface area contributed by atoms with E-state index in [0.717, 1.165) is 12.8 Å². The van der Waals surface area contributed by atoms with Crippen molar-refractivity contribution in [2.24, 2.45) is 5.73 Å². The van der Waals surface area contributed by atoms with Crippen molar-refractivity contribution in [3.63, 3.8) is 0 Å². The van der Waals surface area contributed by atoms with Crippen LogP contribution >= 0.6 is 0 Å². The van der Waals surface area contributed by atoms with Gasteiger partial charge >= 0.3 is 0 Å². The molecule has 2 N–H and O–H groups in total. The summed E-state index contributed by atoms with van der Waals surface area (Å²) in [5.41, 5.74) is 5.35. The van der Waals surface area contributed by atoms with E-state index >= 15 is 0 Å². The minimum Gasteiger partial charge on any atom is -0.326 e. The van der Waals surface area contributed by atoms with E-state index in [4.69, 9.17) is 5.73 Å². The quantitative estimate of drug-likeness (QED) is 0.571. The lowest BCUT2D eigenvalue weighted by atomic mass is 10.1. The molecule has 1 rings (SSSR count). The summed E-state index contributed by atoms with van der Waals surface area (Å²) in [6.45, 7) is 9.23. The van der Waals surface area contributed by atoms with Crippen LogP contribution in [-0.2, 0) is 4.79 Å². The number of hydrogen-bond donors (Lipinski definition) is 1. The molecule has 1 heterocycles. The number of aldehydes is 1. The minimum atomic E-state index is 0. The Hall–Kier alpha value is -0.670. The molecule has 0 bridgehead atoms. The summed E-state index contributed by atoms with van der Waals surface area (Å²) in [5.74, 6) is 0. The van der Waals surface area contributed by atoms with Crippen molar-refractivity contribution < 1.29 is 4.79 Å². The molecule has 1 aliphatic heterocycles. The van der Waals surface area contributed by atoms with Crippen molar-refractivity contribution in [3.05, 3.63) is 12.2 Å². The minimum absolute atomic E-state index is 0. The monoisotopic (exact) mass is 212 g/mol. The van der Waals surface area contributed by atoms with Crippen LogP contribution in [0.2, 0.25) is 0 Å². The molecule has 1 fully saturated rings. The highest BCUT2D eigenvalue weighted by molar-refractivity contribution is 5.64. The molecule has 15 heavy (non-hydrogen) atoms. The fraction of sp³-hybridized carbons (Fsp3) is 0.750. The molecule has 0 aromatic rings. The summed E-state index contributed by atoms with van der Waals surface area (Å²) in [4.78, 5) is 12.2. The number of rotatable bonds is 3. The third-order valence-electron chi connectivity index (χ3n) is 1.78. The van der Waals surface area contributed by atoms with Gasteiger partial charge in [-0.15, -0.1) is 0 Å². The van der Waals surface area contributed by atoms with Crippen molar-refractivity contribution in [1.29, 1.82) is 0 Å². The van der Waals surface area contributed by atoms with E-state index in [-0.39, 0.29) is 5.54 Å². The van der Waals surface area contributed by atoms with Crippen LogP contribution in [0.3, 0.4) is 0 Å². The number of nitrogens with two attached hydrogens (primary N) is 1. The van der Waals surface area contributed by atoms with E-state index < -0.39 is 0 Å². The van der Waals surface area contributed by atoms with Gasteiger partial charge < -0.3 is 5.73 Å². The van der Waals surface area contributed by atoms with E-state index in [2.05, 4.69) is 4.90 Å². The average Bonchev–Trinajstić information content (AvgIpc) is 2.54. The largest absolute Gasteiger partial charge is 0.326 e. The van der Waals surface area contributed by atoms with Crippen LogP contribution in [0.1, 0.15) is 33.6 Å². The molecule has 88 valence electrons. The summed E-state index contributed by atoms with van der Waals surface area (Å²) in [5, 5.41) is 0. The molecule has 0 atom stereocenters. The maximum Gasteiger partial charge on any atom is 0.142 e. The summed E-state index contributed by atoms with van der Waals surface area (Å²) in [6.07, 6.45) is 6.94. The fourth-order valence-electron chi connectivity index (χ4n) is 1.23. The highest BCUT2D eigenvalue weighted by Gasteiger charge is 2.08. The molecule has 0 amide bonds. The number of hydrogen-bond acceptors (Lipinski definition) is 3. The molecule has 0 spiro atoms. The van der Waals surface area contributed by atoms with Crippen molar-refractivity contribution >= 4 is 6.29 Å². The van der Waals surface area contributed by atoms with Gasteiger partial charge in [0.2, 0.25) is 0 Å². The summed E-state index contributed by atoms with van der Waals surface area (Å²) in [6, 6.07) is 0. The van der Waals surface area contributed by atoms with E-state index in [1.807, 2.05) is 26.8 Å². The lowest BCUT2D eigenvalue weighted by Crippen LogP contribution is -2.26. The molecule has 0 aromatic heterocycles. The summed E-state index contributed by atoms with van der Waals surface area (Å²) >= 11 is 0. The number of carbonyl (C=O) groups excluding carboxylic acids is 1. The van der Waals surface area contributed by atoms with Gasteiger partial charge in [-0.3, -0.25) is 9.69 Å². The molecule has 0 aromatic carbocycles. The number of allylic oxidation sites excluding steroid dienone is 1. The zero-order chi connectivity index (χ0) is 11.7. The zero-order valence-corrected chi connectivity index (χ0v) is 10.2. The van der Waals surface area contributed by atoms with E-state index in [0.29, 0.717) is 0 Å². The van der Waals surface area contributed by atoms with Crippen LogP contribution in [0, 0.1) is 0 Å². The van der Waals surface area contributed by atoms with Crippen LogP contribution in [0.15, 0.2) is 12.2 Å². The van der Waals surface area contributed by atoms with Crippen LogP contribution in [0.5, 0.6) is 0 Å². The van der Waals surface area contributed by atoms with Gasteiger partial charge in [-0.25, -0.2) is 0 Å². The Morgan fingerprint density at radius 3 is 2.13 bits per heavy atom. The van der Waals surface area contributed by atoms with Crippen molar-refractivity contribution in [3.8, 4) is 0 Å². The Bertz CT molecular complexity index is 182. The van der Waals surface area contributed by atoms with Gasteiger partial charge in [-0.05, 0) is 52.8 Å². The number of carbonyl (C=O) groups is 1. The first-order valence-electron chi connectivity index (χ1n) is 5.55. The first-order chi connectivity index (χ1) is 6.93. The van der Waals surface area contributed by atoms with Crippen molar-refractivity contribution in [1.82, 2.24) is 4.90 Å². The van der Waals surface area contributed by atoms with E-state index in [1.165, 1.54) is 25.9 Å². The summed E-state index contributed by atoms with van der Waals surface area (Å²) < 4.78 is 0. The SMILES string of the molecule is CC(C)(C)N.O=C/C=C/CN1CCCC1. The Morgan fingerprint density at radius 2 is 1.73 bits per heavy atom. The Balaban J connectivity index is 0.000000336. The van der Waals surface area contributed by atoms with Crippen molar-refractivity contribution in [2.45, 2.75) is 39.2 Å². The lowest BCUT2D eigenvalue weighted by molar-refractivity contribution is -0.104. The second-order valence-electron chi connectivity index (χ2n) is 4.94. The van der Waals surface area contributed by atoms with Gasteiger partial charge in [0, 0.05) is 12.1 Å². The van der Waals surface area contributed by atoms with Gasteiger partial charge in [-0.2, -0.15) is 0 Å². The molecule has 3 nitrogen and oxygen atoms in total. The molecule has 1 saturated heterocycles. The highest BCUT2D eigenvalue weighted by atomic mass is 16.1. The maximum atomic E-state index is 9.87. The third kappa shape index (κ3) is 13.3. The van der Waals surface area contributed by atoms with Crippen LogP contribution in [0.25, 0.3) is 0 Å². The number of likely N-dealkylation sites (tertiary alicyclic amines) is 1. The Kier molecular flexibility index (Phi) is 7.26. The molecular weight excluding hydrogens is 188 g/mol. The molecule has 3 heteroatoms. The van der Waals surface area contributed by atoms with Crippen LogP contribution < -0.4 is 5.73 Å². The van der Waals surface area contributed by atoms with Gasteiger partial charge in [0.05, 0.1) is 0 Å². The predicted octanol–water partition coefficient (Wildman–Crippen LogP) is 1.58. The average molecular weight is 212 g/mol. The predicted molar refractivity (Wildman–Crippen MR) is 64.8 cm³/mol. The van der Waals surface area contributed by atoms with E-state index in [1.54, 1.807) is 6.08 Å². The lowest BCUT2D eigenvalue weighted by Gasteiger charge is -2.09. The molecule has 1 aliphatic rings. The molecule has 0 aliphatic carbocycles. The standard InChI is InChI=1S/C8H13NO.C4H11N/c10-8-4-3-7-9-5-1-2-6-9;1-4(2,3)5/h3-4,8H,1-2,5-7H2;5H2,1-3H3/b4-3+;. The topological polar surface area (TPSA) is 46.3 Å². The molecule has 0 unspecified atom stereocenters. The van der Waals surface area contributed by atoms with Gasteiger partial charge in [0.1, 0.15) is 6.29 Å². The second kappa shape index (κ2) is 7.60. The Labute approximate surface area is 93.3 Å². The molecular formula is C12H24N2O. The molecule has 0 saturated carbocycles. The van der Waals surface area contributed by atoms with Crippen LogP contribution in [0.4, 0.5) is 0 Å².